The minimum Gasteiger partial charge on any atom is -0.487 e. The Labute approximate surface area is 97.2 Å². The normalized spacial score (nSPS) is 19.2. The molecule has 0 spiro atoms. The maximum atomic E-state index is 5.85. The minimum absolute atomic E-state index is 0.257. The zero-order valence-electron chi connectivity index (χ0n) is 10.1. The molecule has 0 saturated carbocycles. The topological polar surface area (TPSA) is 38.5 Å². The van der Waals surface area contributed by atoms with Crippen molar-refractivity contribution in [2.75, 3.05) is 24.5 Å². The number of aryl methyl sites for hydroxylation is 1. The summed E-state index contributed by atoms with van der Waals surface area (Å²) >= 11 is 0. The molecule has 0 bridgehead atoms. The average Bonchev–Trinajstić information content (AvgIpc) is 2.25. The second-order valence-corrected chi connectivity index (χ2v) is 4.49. The summed E-state index contributed by atoms with van der Waals surface area (Å²) in [7, 11) is 0. The first kappa shape index (κ1) is 11.3. The number of hydrogen-bond donors (Lipinski definition) is 1. The minimum atomic E-state index is 0.257. The van der Waals surface area contributed by atoms with Crippen molar-refractivity contribution in [3.8, 4) is 5.75 Å². The molecule has 0 aliphatic carbocycles. The highest BCUT2D eigenvalue weighted by Crippen LogP contribution is 2.34. The van der Waals surface area contributed by atoms with Gasteiger partial charge in [-0.3, -0.25) is 0 Å². The maximum absolute atomic E-state index is 5.85. The van der Waals surface area contributed by atoms with Gasteiger partial charge < -0.3 is 15.4 Å². The molecule has 16 heavy (non-hydrogen) atoms. The molecule has 1 unspecified atom stereocenters. The SMILES string of the molecule is Cc1ccc2c(c1)OC(C)CN2CCCN. The van der Waals surface area contributed by atoms with Crippen molar-refractivity contribution in [1.82, 2.24) is 0 Å². The summed E-state index contributed by atoms with van der Waals surface area (Å²) in [6.45, 7) is 6.91. The number of hydrogen-bond acceptors (Lipinski definition) is 3. The van der Waals surface area contributed by atoms with Crippen LogP contribution in [0.15, 0.2) is 18.2 Å². The van der Waals surface area contributed by atoms with Crippen LogP contribution in [-0.4, -0.2) is 25.7 Å². The fourth-order valence-electron chi connectivity index (χ4n) is 2.13. The van der Waals surface area contributed by atoms with E-state index in [2.05, 4.69) is 36.9 Å². The van der Waals surface area contributed by atoms with Gasteiger partial charge in [-0.15, -0.1) is 0 Å². The molecule has 1 aromatic rings. The predicted octanol–water partition coefficient (Wildman–Crippen LogP) is 1.93. The van der Waals surface area contributed by atoms with Crippen molar-refractivity contribution in [3.05, 3.63) is 23.8 Å². The van der Waals surface area contributed by atoms with Gasteiger partial charge in [0.2, 0.25) is 0 Å². The molecule has 0 fully saturated rings. The van der Waals surface area contributed by atoms with Crippen LogP contribution in [0.2, 0.25) is 0 Å². The number of rotatable bonds is 3. The average molecular weight is 220 g/mol. The van der Waals surface area contributed by atoms with Gasteiger partial charge in [0.15, 0.2) is 0 Å². The van der Waals surface area contributed by atoms with E-state index in [-0.39, 0.29) is 6.10 Å². The summed E-state index contributed by atoms with van der Waals surface area (Å²) in [5.41, 5.74) is 8.01. The van der Waals surface area contributed by atoms with Gasteiger partial charge in [-0.25, -0.2) is 0 Å². The predicted molar refractivity (Wildman–Crippen MR) is 67.2 cm³/mol. The summed E-state index contributed by atoms with van der Waals surface area (Å²) in [5.74, 6) is 1.01. The first-order valence-electron chi connectivity index (χ1n) is 5.93. The van der Waals surface area contributed by atoms with Gasteiger partial charge in [-0.05, 0) is 44.5 Å². The Bertz CT molecular complexity index is 365. The molecule has 1 atom stereocenters. The van der Waals surface area contributed by atoms with Crippen molar-refractivity contribution < 1.29 is 4.74 Å². The maximum Gasteiger partial charge on any atom is 0.143 e. The van der Waals surface area contributed by atoms with Gasteiger partial charge >= 0.3 is 0 Å². The Morgan fingerprint density at radius 2 is 2.31 bits per heavy atom. The molecule has 0 aromatic heterocycles. The highest BCUT2D eigenvalue weighted by atomic mass is 16.5. The number of benzene rings is 1. The van der Waals surface area contributed by atoms with E-state index in [1.54, 1.807) is 0 Å². The van der Waals surface area contributed by atoms with Crippen LogP contribution < -0.4 is 15.4 Å². The Morgan fingerprint density at radius 1 is 1.50 bits per heavy atom. The van der Waals surface area contributed by atoms with Gasteiger partial charge in [-0.2, -0.15) is 0 Å². The van der Waals surface area contributed by atoms with Crippen molar-refractivity contribution in [2.24, 2.45) is 5.73 Å². The number of fused-ring (bicyclic) bond motifs is 1. The molecule has 1 aromatic carbocycles. The van der Waals surface area contributed by atoms with E-state index in [0.29, 0.717) is 0 Å². The van der Waals surface area contributed by atoms with Crippen molar-refractivity contribution in [3.63, 3.8) is 0 Å². The van der Waals surface area contributed by atoms with E-state index < -0.39 is 0 Å². The Balaban J connectivity index is 2.23. The lowest BCUT2D eigenvalue weighted by molar-refractivity contribution is 0.212. The molecular formula is C13H20N2O. The third-order valence-corrected chi connectivity index (χ3v) is 2.89. The number of nitrogens with zero attached hydrogens (tertiary/aromatic N) is 1. The summed E-state index contributed by atoms with van der Waals surface area (Å²) in [4.78, 5) is 2.37. The molecular weight excluding hydrogens is 200 g/mol. The van der Waals surface area contributed by atoms with E-state index in [4.69, 9.17) is 10.5 Å². The molecule has 3 heteroatoms. The fourth-order valence-corrected chi connectivity index (χ4v) is 2.13. The Hall–Kier alpha value is -1.22. The van der Waals surface area contributed by atoms with Crippen LogP contribution in [0.4, 0.5) is 5.69 Å². The van der Waals surface area contributed by atoms with E-state index in [1.165, 1.54) is 11.3 Å². The van der Waals surface area contributed by atoms with E-state index in [0.717, 1.165) is 31.8 Å². The summed E-state index contributed by atoms with van der Waals surface area (Å²) < 4.78 is 5.85. The first-order valence-corrected chi connectivity index (χ1v) is 5.93. The molecule has 2 rings (SSSR count). The number of ether oxygens (including phenoxy) is 1. The largest absolute Gasteiger partial charge is 0.487 e. The van der Waals surface area contributed by atoms with Gasteiger partial charge in [0.05, 0.1) is 12.2 Å². The van der Waals surface area contributed by atoms with Gasteiger partial charge in [-0.1, -0.05) is 6.07 Å². The smallest absolute Gasteiger partial charge is 0.143 e. The highest BCUT2D eigenvalue weighted by molar-refractivity contribution is 5.61. The second-order valence-electron chi connectivity index (χ2n) is 4.49. The summed E-state index contributed by atoms with van der Waals surface area (Å²) in [5, 5.41) is 0. The van der Waals surface area contributed by atoms with Gasteiger partial charge in [0, 0.05) is 6.54 Å². The second kappa shape index (κ2) is 4.74. The van der Waals surface area contributed by atoms with Crippen LogP contribution in [0, 0.1) is 6.92 Å². The zero-order valence-corrected chi connectivity index (χ0v) is 10.1. The highest BCUT2D eigenvalue weighted by Gasteiger charge is 2.22. The van der Waals surface area contributed by atoms with E-state index >= 15 is 0 Å². The molecule has 88 valence electrons. The quantitative estimate of drug-likeness (QED) is 0.846. The fraction of sp³-hybridized carbons (Fsp3) is 0.538. The first-order chi connectivity index (χ1) is 7.70. The third-order valence-electron chi connectivity index (χ3n) is 2.89. The van der Waals surface area contributed by atoms with Crippen LogP contribution in [0.25, 0.3) is 0 Å². The lowest BCUT2D eigenvalue weighted by Gasteiger charge is -2.35. The van der Waals surface area contributed by atoms with E-state index in [1.807, 2.05) is 0 Å². The summed E-state index contributed by atoms with van der Waals surface area (Å²) in [6, 6.07) is 6.39. The number of nitrogens with two attached hydrogens (primary N) is 1. The molecule has 3 nitrogen and oxygen atoms in total. The standard InChI is InChI=1S/C13H20N2O/c1-10-4-5-12-13(8-10)16-11(2)9-15(12)7-3-6-14/h4-5,8,11H,3,6-7,9,14H2,1-2H3. The third kappa shape index (κ3) is 2.30. The lowest BCUT2D eigenvalue weighted by atomic mass is 10.1. The molecule has 1 heterocycles. The monoisotopic (exact) mass is 220 g/mol. The summed E-state index contributed by atoms with van der Waals surface area (Å²) in [6.07, 6.45) is 1.28. The molecule has 1 aliphatic heterocycles. The Morgan fingerprint density at radius 3 is 3.06 bits per heavy atom. The van der Waals surface area contributed by atoms with E-state index in [9.17, 15) is 0 Å². The van der Waals surface area contributed by atoms with Crippen LogP contribution in [-0.2, 0) is 0 Å². The zero-order chi connectivity index (χ0) is 11.5. The molecule has 2 N–H and O–H groups in total. The van der Waals surface area contributed by atoms with Crippen molar-refractivity contribution >= 4 is 5.69 Å². The lowest BCUT2D eigenvalue weighted by Crippen LogP contribution is -2.39. The van der Waals surface area contributed by atoms with Crippen LogP contribution in [0.3, 0.4) is 0 Å². The van der Waals surface area contributed by atoms with Crippen molar-refractivity contribution in [2.45, 2.75) is 26.4 Å². The van der Waals surface area contributed by atoms with Crippen LogP contribution in [0.1, 0.15) is 18.9 Å². The van der Waals surface area contributed by atoms with Gasteiger partial charge in [0.25, 0.3) is 0 Å². The van der Waals surface area contributed by atoms with Crippen molar-refractivity contribution in [1.29, 1.82) is 0 Å². The molecule has 0 radical (unpaired) electrons. The van der Waals surface area contributed by atoms with Gasteiger partial charge in [0.1, 0.15) is 11.9 Å². The van der Waals surface area contributed by atoms with Crippen LogP contribution in [0.5, 0.6) is 5.75 Å². The molecule has 0 saturated heterocycles. The number of anilines is 1. The Kier molecular flexibility index (Phi) is 3.34. The molecule has 0 amide bonds. The molecule has 1 aliphatic rings. The van der Waals surface area contributed by atoms with Crippen LogP contribution >= 0.6 is 0 Å².